The molecule has 7 nitrogen and oxygen atoms in total. The molecule has 1 unspecified atom stereocenters. The third-order valence-electron chi connectivity index (χ3n) is 6.45. The number of amides is 1. The van der Waals surface area contributed by atoms with E-state index in [0.29, 0.717) is 23.0 Å². The van der Waals surface area contributed by atoms with Crippen molar-refractivity contribution in [2.45, 2.75) is 63.8 Å². The Morgan fingerprint density at radius 1 is 1.15 bits per heavy atom. The van der Waals surface area contributed by atoms with Crippen molar-refractivity contribution in [1.29, 1.82) is 0 Å². The number of hydrogen-bond donors (Lipinski definition) is 2. The fraction of sp³-hybridized carbons (Fsp3) is 0.385. The first-order chi connectivity index (χ1) is 16.2. The maximum Gasteiger partial charge on any atom is 0.268 e. The summed E-state index contributed by atoms with van der Waals surface area (Å²) < 4.78 is 28.7. The van der Waals surface area contributed by atoms with E-state index in [1.165, 1.54) is 9.87 Å². The Morgan fingerprint density at radius 2 is 1.85 bits per heavy atom. The predicted molar refractivity (Wildman–Crippen MR) is 133 cm³/mol. The fourth-order valence-electron chi connectivity index (χ4n) is 4.65. The number of aromatic amines is 1. The van der Waals surface area contributed by atoms with Gasteiger partial charge in [-0.2, -0.15) is 5.10 Å². The summed E-state index contributed by atoms with van der Waals surface area (Å²) in [6.45, 7) is 7.17. The fourth-order valence-corrected chi connectivity index (χ4v) is 6.40. The molecule has 0 fully saturated rings. The highest BCUT2D eigenvalue weighted by Gasteiger charge is 2.32. The molecule has 1 aromatic heterocycles. The van der Waals surface area contributed by atoms with Gasteiger partial charge in [-0.1, -0.05) is 50.2 Å². The van der Waals surface area contributed by atoms with Crippen molar-refractivity contribution in [3.63, 3.8) is 0 Å². The molecule has 0 saturated heterocycles. The Morgan fingerprint density at radius 3 is 2.50 bits per heavy atom. The van der Waals surface area contributed by atoms with Gasteiger partial charge in [-0.15, -0.1) is 0 Å². The van der Waals surface area contributed by atoms with Crippen molar-refractivity contribution in [3.8, 4) is 0 Å². The van der Waals surface area contributed by atoms with Gasteiger partial charge < -0.3 is 5.32 Å². The second kappa shape index (κ2) is 9.62. The Bertz CT molecular complexity index is 1260. The molecule has 1 aliphatic rings. The molecule has 1 amide bonds. The van der Waals surface area contributed by atoms with Crippen LogP contribution in [0.4, 0.5) is 5.69 Å². The molecule has 0 spiro atoms. The van der Waals surface area contributed by atoms with Crippen LogP contribution >= 0.6 is 0 Å². The van der Waals surface area contributed by atoms with E-state index in [1.54, 1.807) is 26.0 Å². The molecule has 1 atom stereocenters. The number of H-pyrrole nitrogens is 1. The highest BCUT2D eigenvalue weighted by molar-refractivity contribution is 7.93. The number of benzene rings is 2. The SMILES string of the molecule is Cc1n[nH]c(C)c1S(=O)(=O)N(CC(=O)NC1CCCc2ccccc21)c1ccc(C(C)C)cc1. The van der Waals surface area contributed by atoms with E-state index in [4.69, 9.17) is 0 Å². The molecule has 34 heavy (non-hydrogen) atoms. The standard InChI is InChI=1S/C26H32N4O3S/c1-17(2)20-12-14-22(15-13-20)30(34(32,33)26-18(3)28-29-19(26)4)16-25(31)27-24-11-7-9-21-8-5-6-10-23(21)24/h5-6,8,10,12-15,17,24H,7,9,11,16H2,1-4H3,(H,27,31)(H,28,29). The number of nitrogens with one attached hydrogen (secondary N) is 2. The lowest BCUT2D eigenvalue weighted by molar-refractivity contribution is -0.120. The van der Waals surface area contributed by atoms with Crippen molar-refractivity contribution < 1.29 is 13.2 Å². The summed E-state index contributed by atoms with van der Waals surface area (Å²) in [5.41, 5.74) is 4.71. The molecule has 2 aromatic carbocycles. The van der Waals surface area contributed by atoms with Crippen molar-refractivity contribution in [3.05, 3.63) is 76.6 Å². The number of sulfonamides is 1. The van der Waals surface area contributed by atoms with Crippen LogP contribution in [0.25, 0.3) is 0 Å². The van der Waals surface area contributed by atoms with Crippen LogP contribution < -0.4 is 9.62 Å². The second-order valence-corrected chi connectivity index (χ2v) is 11.0. The highest BCUT2D eigenvalue weighted by Crippen LogP contribution is 2.31. The zero-order valence-electron chi connectivity index (χ0n) is 20.1. The van der Waals surface area contributed by atoms with E-state index in [0.717, 1.165) is 30.4 Å². The molecule has 4 rings (SSSR count). The number of aromatic nitrogens is 2. The number of nitrogens with zero attached hydrogens (tertiary/aromatic N) is 2. The van der Waals surface area contributed by atoms with Gasteiger partial charge >= 0.3 is 0 Å². The third-order valence-corrected chi connectivity index (χ3v) is 8.49. The lowest BCUT2D eigenvalue weighted by Gasteiger charge is -2.29. The Kier molecular flexibility index (Phi) is 6.79. The summed E-state index contributed by atoms with van der Waals surface area (Å²) in [6.07, 6.45) is 2.80. The van der Waals surface area contributed by atoms with Gasteiger partial charge in [0.2, 0.25) is 5.91 Å². The van der Waals surface area contributed by atoms with Crippen LogP contribution in [0.2, 0.25) is 0 Å². The van der Waals surface area contributed by atoms with Crippen LogP contribution in [-0.4, -0.2) is 31.1 Å². The molecule has 1 heterocycles. The summed E-state index contributed by atoms with van der Waals surface area (Å²) in [7, 11) is -4.02. The Hall–Kier alpha value is -3.13. The number of aryl methyl sites for hydroxylation is 3. The summed E-state index contributed by atoms with van der Waals surface area (Å²) >= 11 is 0. The number of anilines is 1. The number of carbonyl (C=O) groups is 1. The third kappa shape index (κ3) is 4.73. The molecule has 0 saturated carbocycles. The van der Waals surface area contributed by atoms with Gasteiger partial charge in [0.25, 0.3) is 10.0 Å². The van der Waals surface area contributed by atoms with E-state index < -0.39 is 10.0 Å². The first-order valence-corrected chi connectivity index (χ1v) is 13.1. The number of hydrogen-bond acceptors (Lipinski definition) is 4. The average molecular weight is 481 g/mol. The van der Waals surface area contributed by atoms with Crippen molar-refractivity contribution in [1.82, 2.24) is 15.5 Å². The summed E-state index contributed by atoms with van der Waals surface area (Å²) in [4.78, 5) is 13.3. The van der Waals surface area contributed by atoms with Gasteiger partial charge in [-0.3, -0.25) is 14.2 Å². The largest absolute Gasteiger partial charge is 0.348 e. The molecular weight excluding hydrogens is 448 g/mol. The first kappa shape index (κ1) is 24.0. The summed E-state index contributed by atoms with van der Waals surface area (Å²) in [5, 5.41) is 9.89. The molecule has 0 bridgehead atoms. The second-order valence-electron chi connectivity index (χ2n) is 9.23. The summed E-state index contributed by atoms with van der Waals surface area (Å²) in [5.74, 6) is -0.0239. The zero-order valence-corrected chi connectivity index (χ0v) is 20.9. The summed E-state index contributed by atoms with van der Waals surface area (Å²) in [6, 6.07) is 15.3. The minimum Gasteiger partial charge on any atom is -0.348 e. The van der Waals surface area contributed by atoms with Crippen LogP contribution in [0.1, 0.15) is 66.7 Å². The lowest BCUT2D eigenvalue weighted by Crippen LogP contribution is -2.42. The quantitative estimate of drug-likeness (QED) is 0.519. The van der Waals surface area contributed by atoms with E-state index in [9.17, 15) is 13.2 Å². The lowest BCUT2D eigenvalue weighted by atomic mass is 9.88. The first-order valence-electron chi connectivity index (χ1n) is 11.7. The smallest absolute Gasteiger partial charge is 0.268 e. The van der Waals surface area contributed by atoms with Crippen molar-refractivity contribution >= 4 is 21.6 Å². The molecule has 2 N–H and O–H groups in total. The topological polar surface area (TPSA) is 95.2 Å². The number of fused-ring (bicyclic) bond motifs is 1. The molecule has 180 valence electrons. The van der Waals surface area contributed by atoms with E-state index in [-0.39, 0.29) is 23.4 Å². The minimum absolute atomic E-state index is 0.108. The van der Waals surface area contributed by atoms with Gasteiger partial charge in [-0.25, -0.2) is 8.42 Å². The molecule has 1 aliphatic carbocycles. The Labute approximate surface area is 201 Å². The molecule has 0 aliphatic heterocycles. The number of rotatable bonds is 7. The molecular formula is C26H32N4O3S. The highest BCUT2D eigenvalue weighted by atomic mass is 32.2. The van der Waals surface area contributed by atoms with Gasteiger partial charge in [0.05, 0.1) is 23.1 Å². The van der Waals surface area contributed by atoms with E-state index >= 15 is 0 Å². The van der Waals surface area contributed by atoms with Crippen LogP contribution in [0.3, 0.4) is 0 Å². The minimum atomic E-state index is -4.02. The van der Waals surface area contributed by atoms with Crippen molar-refractivity contribution in [2.75, 3.05) is 10.8 Å². The molecule has 8 heteroatoms. The number of carbonyl (C=O) groups excluding carboxylic acids is 1. The average Bonchev–Trinajstić information content (AvgIpc) is 3.16. The normalized spacial score (nSPS) is 15.7. The Balaban J connectivity index is 1.66. The van der Waals surface area contributed by atoms with Crippen LogP contribution in [0.5, 0.6) is 0 Å². The van der Waals surface area contributed by atoms with Gasteiger partial charge in [-0.05, 0) is 67.9 Å². The van der Waals surface area contributed by atoms with E-state index in [1.807, 2.05) is 30.3 Å². The van der Waals surface area contributed by atoms with Gasteiger partial charge in [0, 0.05) is 0 Å². The van der Waals surface area contributed by atoms with Gasteiger partial charge in [0.1, 0.15) is 11.4 Å². The van der Waals surface area contributed by atoms with Gasteiger partial charge in [0.15, 0.2) is 0 Å². The maximum atomic E-state index is 13.8. The predicted octanol–water partition coefficient (Wildman–Crippen LogP) is 4.54. The van der Waals surface area contributed by atoms with Crippen LogP contribution in [0, 0.1) is 13.8 Å². The maximum absolute atomic E-state index is 13.8. The van der Waals surface area contributed by atoms with Crippen LogP contribution in [0.15, 0.2) is 53.4 Å². The molecule has 0 radical (unpaired) electrons. The van der Waals surface area contributed by atoms with E-state index in [2.05, 4.69) is 35.4 Å². The zero-order chi connectivity index (χ0) is 24.5. The monoisotopic (exact) mass is 480 g/mol. The van der Waals surface area contributed by atoms with Crippen molar-refractivity contribution in [2.24, 2.45) is 0 Å². The molecule has 3 aromatic rings. The van der Waals surface area contributed by atoms with Crippen LogP contribution in [-0.2, 0) is 21.2 Å².